The molecule has 0 spiro atoms. The van der Waals surface area contributed by atoms with Gasteiger partial charge >= 0.3 is 5.97 Å². The average Bonchev–Trinajstić information content (AvgIpc) is 2.78. The Kier molecular flexibility index (Phi) is 7.45. The quantitative estimate of drug-likeness (QED) is 0.411. The Morgan fingerprint density at radius 1 is 0.935 bits per heavy atom. The highest BCUT2D eigenvalue weighted by Gasteiger charge is 2.27. The number of hydrogen-bond donors (Lipinski definition) is 2. The number of ether oxygens (including phenoxy) is 1. The van der Waals surface area contributed by atoms with E-state index >= 15 is 0 Å². The SMILES string of the molecule is Cc1ccc(NC(=O)[C@@H](OC(=O)c2ccccc2SCC(N)=O)c2ccccc2)cc1. The number of carbonyl (C=O) groups is 3. The predicted molar refractivity (Wildman–Crippen MR) is 121 cm³/mol. The minimum atomic E-state index is -1.15. The van der Waals surface area contributed by atoms with Crippen molar-refractivity contribution in [2.45, 2.75) is 17.9 Å². The summed E-state index contributed by atoms with van der Waals surface area (Å²) in [5, 5.41) is 2.80. The van der Waals surface area contributed by atoms with Crippen LogP contribution >= 0.6 is 11.8 Å². The molecule has 0 fully saturated rings. The lowest BCUT2D eigenvalue weighted by molar-refractivity contribution is -0.125. The number of hydrogen-bond acceptors (Lipinski definition) is 5. The van der Waals surface area contributed by atoms with Crippen LogP contribution in [-0.4, -0.2) is 23.5 Å². The zero-order valence-corrected chi connectivity index (χ0v) is 17.7. The van der Waals surface area contributed by atoms with Gasteiger partial charge in [-0.15, -0.1) is 11.8 Å². The van der Waals surface area contributed by atoms with Gasteiger partial charge in [0.15, 0.2) is 0 Å². The van der Waals surface area contributed by atoms with E-state index in [9.17, 15) is 14.4 Å². The van der Waals surface area contributed by atoms with Gasteiger partial charge in [-0.3, -0.25) is 9.59 Å². The smallest absolute Gasteiger partial charge is 0.340 e. The number of primary amides is 1. The molecule has 0 aromatic heterocycles. The molecule has 0 aliphatic heterocycles. The lowest BCUT2D eigenvalue weighted by Gasteiger charge is -2.19. The van der Waals surface area contributed by atoms with Crippen LogP contribution in [-0.2, 0) is 14.3 Å². The van der Waals surface area contributed by atoms with Gasteiger partial charge in [0.1, 0.15) is 0 Å². The number of nitrogens with two attached hydrogens (primary N) is 1. The van der Waals surface area contributed by atoms with Crippen molar-refractivity contribution in [1.29, 1.82) is 0 Å². The fraction of sp³-hybridized carbons (Fsp3) is 0.125. The first-order valence-electron chi connectivity index (χ1n) is 9.57. The second-order valence-corrected chi connectivity index (χ2v) is 7.82. The largest absolute Gasteiger partial charge is 0.444 e. The first-order valence-corrected chi connectivity index (χ1v) is 10.6. The highest BCUT2D eigenvalue weighted by Crippen LogP contribution is 2.27. The Balaban J connectivity index is 1.84. The fourth-order valence-corrected chi connectivity index (χ4v) is 3.61. The molecule has 3 N–H and O–H groups in total. The highest BCUT2D eigenvalue weighted by molar-refractivity contribution is 8.00. The van der Waals surface area contributed by atoms with E-state index < -0.39 is 23.9 Å². The summed E-state index contributed by atoms with van der Waals surface area (Å²) in [4.78, 5) is 37.7. The van der Waals surface area contributed by atoms with E-state index in [0.29, 0.717) is 16.1 Å². The molecule has 3 rings (SSSR count). The highest BCUT2D eigenvalue weighted by atomic mass is 32.2. The first-order chi connectivity index (χ1) is 14.9. The average molecular weight is 435 g/mol. The second-order valence-electron chi connectivity index (χ2n) is 6.80. The summed E-state index contributed by atoms with van der Waals surface area (Å²) in [7, 11) is 0. The van der Waals surface area contributed by atoms with Gasteiger partial charge in [0, 0.05) is 16.1 Å². The molecule has 0 saturated heterocycles. The van der Waals surface area contributed by atoms with Crippen molar-refractivity contribution in [2.75, 3.05) is 11.1 Å². The summed E-state index contributed by atoms with van der Waals surface area (Å²) in [6.45, 7) is 1.95. The van der Waals surface area contributed by atoms with Gasteiger partial charge in [-0.1, -0.05) is 60.2 Å². The molecule has 0 saturated carbocycles. The lowest BCUT2D eigenvalue weighted by Crippen LogP contribution is -2.26. The van der Waals surface area contributed by atoms with Gasteiger partial charge in [-0.05, 0) is 31.2 Å². The monoisotopic (exact) mass is 434 g/mol. The number of amides is 2. The Morgan fingerprint density at radius 2 is 1.58 bits per heavy atom. The third-order valence-electron chi connectivity index (χ3n) is 4.36. The summed E-state index contributed by atoms with van der Waals surface area (Å²) in [6.07, 6.45) is -1.15. The number of carbonyl (C=O) groups excluding carboxylic acids is 3. The van der Waals surface area contributed by atoms with Crippen LogP contribution in [0, 0.1) is 6.92 Å². The van der Waals surface area contributed by atoms with Gasteiger partial charge in [0.05, 0.1) is 11.3 Å². The molecule has 6 nitrogen and oxygen atoms in total. The van der Waals surface area contributed by atoms with Crippen LogP contribution in [0.3, 0.4) is 0 Å². The topological polar surface area (TPSA) is 98.5 Å². The molecule has 0 aliphatic rings. The van der Waals surface area contributed by atoms with Gasteiger partial charge in [-0.2, -0.15) is 0 Å². The molecular formula is C24H22N2O4S. The molecule has 3 aromatic carbocycles. The number of anilines is 1. The van der Waals surface area contributed by atoms with Crippen LogP contribution < -0.4 is 11.1 Å². The number of rotatable bonds is 8. The molecule has 0 bridgehead atoms. The van der Waals surface area contributed by atoms with E-state index in [1.54, 1.807) is 60.7 Å². The molecule has 7 heteroatoms. The van der Waals surface area contributed by atoms with Crippen molar-refractivity contribution in [3.8, 4) is 0 Å². The zero-order chi connectivity index (χ0) is 22.2. The zero-order valence-electron chi connectivity index (χ0n) is 16.9. The standard InChI is InChI=1S/C24H22N2O4S/c1-16-11-13-18(14-12-16)26-23(28)22(17-7-3-2-4-8-17)30-24(29)19-9-5-6-10-20(19)31-15-21(25)27/h2-14,22H,15H2,1H3,(H2,25,27)(H,26,28)/t22-/m0/s1. The third kappa shape index (κ3) is 6.20. The molecule has 3 aromatic rings. The van der Waals surface area contributed by atoms with Crippen LogP contribution in [0.2, 0.25) is 0 Å². The van der Waals surface area contributed by atoms with Crippen molar-refractivity contribution in [1.82, 2.24) is 0 Å². The van der Waals surface area contributed by atoms with Crippen molar-refractivity contribution in [3.05, 3.63) is 95.6 Å². The van der Waals surface area contributed by atoms with Crippen LogP contribution in [0.1, 0.15) is 27.6 Å². The van der Waals surface area contributed by atoms with Crippen molar-refractivity contribution < 1.29 is 19.1 Å². The van der Waals surface area contributed by atoms with E-state index in [4.69, 9.17) is 10.5 Å². The minimum absolute atomic E-state index is 0.0281. The van der Waals surface area contributed by atoms with Gasteiger partial charge < -0.3 is 15.8 Å². The molecule has 2 amide bonds. The molecule has 1 atom stereocenters. The number of thioether (sulfide) groups is 1. The Morgan fingerprint density at radius 3 is 2.26 bits per heavy atom. The van der Waals surface area contributed by atoms with E-state index in [1.165, 1.54) is 0 Å². The van der Waals surface area contributed by atoms with E-state index in [-0.39, 0.29) is 11.3 Å². The van der Waals surface area contributed by atoms with Crippen LogP contribution in [0.25, 0.3) is 0 Å². The number of nitrogens with one attached hydrogen (secondary N) is 1. The van der Waals surface area contributed by atoms with Crippen molar-refractivity contribution in [3.63, 3.8) is 0 Å². The van der Waals surface area contributed by atoms with Gasteiger partial charge in [0.25, 0.3) is 5.91 Å². The summed E-state index contributed by atoms with van der Waals surface area (Å²) < 4.78 is 5.65. The Hall–Kier alpha value is -3.58. The molecule has 0 aliphatic carbocycles. The van der Waals surface area contributed by atoms with Crippen LogP contribution in [0.4, 0.5) is 5.69 Å². The molecule has 158 valence electrons. The van der Waals surface area contributed by atoms with E-state index in [0.717, 1.165) is 17.3 Å². The second kappa shape index (κ2) is 10.4. The molecule has 0 heterocycles. The van der Waals surface area contributed by atoms with E-state index in [2.05, 4.69) is 5.32 Å². The summed E-state index contributed by atoms with van der Waals surface area (Å²) >= 11 is 1.14. The number of aryl methyl sites for hydroxylation is 1. The maximum absolute atomic E-state index is 13.0. The normalized spacial score (nSPS) is 11.4. The maximum atomic E-state index is 13.0. The summed E-state index contributed by atoms with van der Waals surface area (Å²) in [5.74, 6) is -1.60. The van der Waals surface area contributed by atoms with E-state index in [1.807, 2.05) is 25.1 Å². The van der Waals surface area contributed by atoms with Crippen LogP contribution in [0.15, 0.2) is 83.8 Å². The maximum Gasteiger partial charge on any atom is 0.340 e. The number of benzene rings is 3. The summed E-state index contributed by atoms with van der Waals surface area (Å²) in [6, 6.07) is 22.9. The number of esters is 1. The Labute approximate surface area is 184 Å². The molecule has 0 unspecified atom stereocenters. The molecule has 0 radical (unpaired) electrons. The van der Waals surface area contributed by atoms with Crippen molar-refractivity contribution in [2.24, 2.45) is 5.73 Å². The fourth-order valence-electron chi connectivity index (χ4n) is 2.83. The molecule has 31 heavy (non-hydrogen) atoms. The minimum Gasteiger partial charge on any atom is -0.444 e. The Bertz CT molecular complexity index is 1070. The molecular weight excluding hydrogens is 412 g/mol. The van der Waals surface area contributed by atoms with Crippen molar-refractivity contribution >= 4 is 35.2 Å². The predicted octanol–water partition coefficient (Wildman–Crippen LogP) is 4.11. The van der Waals surface area contributed by atoms with Gasteiger partial charge in [-0.25, -0.2) is 4.79 Å². The van der Waals surface area contributed by atoms with Crippen LogP contribution in [0.5, 0.6) is 0 Å². The third-order valence-corrected chi connectivity index (χ3v) is 5.46. The lowest BCUT2D eigenvalue weighted by atomic mass is 10.1. The van der Waals surface area contributed by atoms with Gasteiger partial charge in [0.2, 0.25) is 12.0 Å². The summed E-state index contributed by atoms with van der Waals surface area (Å²) in [5.41, 5.74) is 7.69. The first kappa shape index (κ1) is 22.1.